The lowest BCUT2D eigenvalue weighted by Gasteiger charge is -2.27. The molecule has 0 fully saturated rings. The van der Waals surface area contributed by atoms with Crippen molar-refractivity contribution >= 4 is 33.1 Å². The molecule has 18 heavy (non-hydrogen) atoms. The minimum absolute atomic E-state index is 0.254. The fraction of sp³-hybridized carbons (Fsp3) is 0.231. The zero-order chi connectivity index (χ0) is 13.3. The highest BCUT2D eigenvalue weighted by atomic mass is 79.9. The molecule has 0 aromatic heterocycles. The molecule has 0 amide bonds. The predicted octanol–water partition coefficient (Wildman–Crippen LogP) is 4.35. The van der Waals surface area contributed by atoms with Gasteiger partial charge in [0.15, 0.2) is 0 Å². The SMILES string of the molecule is CC1([N+](=O)[O-])CC(Br)=C(Cl)C=C1c1ccccc1. The van der Waals surface area contributed by atoms with Gasteiger partial charge in [-0.2, -0.15) is 0 Å². The van der Waals surface area contributed by atoms with Gasteiger partial charge in [0.25, 0.3) is 0 Å². The Morgan fingerprint density at radius 2 is 2.00 bits per heavy atom. The summed E-state index contributed by atoms with van der Waals surface area (Å²) in [7, 11) is 0. The van der Waals surface area contributed by atoms with Gasteiger partial charge in [0.1, 0.15) is 0 Å². The molecule has 2 rings (SSSR count). The highest BCUT2D eigenvalue weighted by molar-refractivity contribution is 9.11. The Hall–Kier alpha value is -1.13. The maximum absolute atomic E-state index is 11.4. The van der Waals surface area contributed by atoms with E-state index in [2.05, 4.69) is 15.9 Å². The Morgan fingerprint density at radius 1 is 1.39 bits per heavy atom. The number of hydrogen-bond acceptors (Lipinski definition) is 2. The van der Waals surface area contributed by atoms with Crippen LogP contribution in [-0.4, -0.2) is 10.5 Å². The lowest BCUT2D eigenvalue weighted by atomic mass is 9.81. The van der Waals surface area contributed by atoms with Crippen LogP contribution < -0.4 is 0 Å². The maximum Gasteiger partial charge on any atom is 0.249 e. The summed E-state index contributed by atoms with van der Waals surface area (Å²) in [4.78, 5) is 11.1. The number of benzene rings is 1. The van der Waals surface area contributed by atoms with E-state index in [1.807, 2.05) is 30.3 Å². The van der Waals surface area contributed by atoms with Crippen molar-refractivity contribution in [2.24, 2.45) is 0 Å². The third kappa shape index (κ3) is 2.22. The predicted molar refractivity (Wildman–Crippen MR) is 76.2 cm³/mol. The van der Waals surface area contributed by atoms with Crippen molar-refractivity contribution in [3.63, 3.8) is 0 Å². The van der Waals surface area contributed by atoms with E-state index in [9.17, 15) is 10.1 Å². The van der Waals surface area contributed by atoms with Crippen LogP contribution in [0.4, 0.5) is 0 Å². The molecule has 1 aliphatic rings. The number of nitrogens with zero attached hydrogens (tertiary/aromatic N) is 1. The Labute approximate surface area is 118 Å². The van der Waals surface area contributed by atoms with Crippen molar-refractivity contribution in [1.82, 2.24) is 0 Å². The van der Waals surface area contributed by atoms with Crippen LogP contribution in [0.2, 0.25) is 0 Å². The molecule has 0 bridgehead atoms. The fourth-order valence-corrected chi connectivity index (χ4v) is 2.85. The largest absolute Gasteiger partial charge is 0.264 e. The van der Waals surface area contributed by atoms with Crippen molar-refractivity contribution in [2.45, 2.75) is 18.9 Å². The van der Waals surface area contributed by atoms with Gasteiger partial charge in [0, 0.05) is 21.9 Å². The average molecular weight is 329 g/mol. The van der Waals surface area contributed by atoms with E-state index in [0.29, 0.717) is 15.1 Å². The molecule has 0 heterocycles. The summed E-state index contributed by atoms with van der Waals surface area (Å²) in [5.41, 5.74) is 0.314. The Balaban J connectivity index is 2.59. The molecule has 1 aliphatic carbocycles. The van der Waals surface area contributed by atoms with Crippen molar-refractivity contribution in [3.05, 3.63) is 61.6 Å². The first kappa shape index (κ1) is 13.3. The van der Waals surface area contributed by atoms with Gasteiger partial charge in [-0.15, -0.1) is 0 Å². The zero-order valence-electron chi connectivity index (χ0n) is 9.69. The summed E-state index contributed by atoms with van der Waals surface area (Å²) in [5.74, 6) is 0. The van der Waals surface area contributed by atoms with E-state index in [0.717, 1.165) is 5.56 Å². The molecule has 3 nitrogen and oxygen atoms in total. The minimum atomic E-state index is -1.15. The van der Waals surface area contributed by atoms with E-state index < -0.39 is 5.54 Å². The molecule has 0 spiro atoms. The number of allylic oxidation sites excluding steroid dienone is 2. The fourth-order valence-electron chi connectivity index (χ4n) is 2.02. The average Bonchev–Trinajstić information content (AvgIpc) is 2.35. The zero-order valence-corrected chi connectivity index (χ0v) is 12.0. The summed E-state index contributed by atoms with van der Waals surface area (Å²) < 4.78 is 0.669. The minimum Gasteiger partial charge on any atom is -0.264 e. The van der Waals surface area contributed by atoms with E-state index in [4.69, 9.17) is 11.6 Å². The van der Waals surface area contributed by atoms with Gasteiger partial charge in [-0.05, 0) is 11.6 Å². The second kappa shape index (κ2) is 4.86. The Bertz CT molecular complexity index is 553. The normalized spacial score (nSPS) is 23.8. The molecule has 0 saturated heterocycles. The van der Waals surface area contributed by atoms with Gasteiger partial charge >= 0.3 is 0 Å². The Morgan fingerprint density at radius 3 is 2.56 bits per heavy atom. The molecule has 0 N–H and O–H groups in total. The van der Waals surface area contributed by atoms with Gasteiger partial charge in [-0.3, -0.25) is 10.1 Å². The third-order valence-corrected chi connectivity index (χ3v) is 4.37. The number of nitro groups is 1. The number of hydrogen-bond donors (Lipinski definition) is 0. The molecule has 0 aliphatic heterocycles. The molecule has 1 aromatic rings. The van der Waals surface area contributed by atoms with E-state index >= 15 is 0 Å². The first-order chi connectivity index (χ1) is 8.45. The second-order valence-corrected chi connectivity index (χ2v) is 5.75. The highest BCUT2D eigenvalue weighted by Crippen LogP contribution is 2.43. The lowest BCUT2D eigenvalue weighted by Crippen LogP contribution is -2.37. The monoisotopic (exact) mass is 327 g/mol. The van der Waals surface area contributed by atoms with Crippen molar-refractivity contribution in [2.75, 3.05) is 0 Å². The molecule has 94 valence electrons. The van der Waals surface area contributed by atoms with Crippen LogP contribution in [0, 0.1) is 10.1 Å². The molecular weight excluding hydrogens is 318 g/mol. The van der Waals surface area contributed by atoms with Crippen molar-refractivity contribution in [1.29, 1.82) is 0 Å². The topological polar surface area (TPSA) is 43.1 Å². The third-order valence-electron chi connectivity index (χ3n) is 3.10. The maximum atomic E-state index is 11.4. The molecule has 1 unspecified atom stereocenters. The lowest BCUT2D eigenvalue weighted by molar-refractivity contribution is -0.545. The quantitative estimate of drug-likeness (QED) is 0.598. The summed E-state index contributed by atoms with van der Waals surface area (Å²) in [6.45, 7) is 1.62. The smallest absolute Gasteiger partial charge is 0.249 e. The number of halogens is 2. The van der Waals surface area contributed by atoms with Gasteiger partial charge in [-0.25, -0.2) is 0 Å². The molecular formula is C13H11BrClNO2. The molecule has 1 aromatic carbocycles. The van der Waals surface area contributed by atoms with Crippen molar-refractivity contribution < 1.29 is 4.92 Å². The Kier molecular flexibility index (Phi) is 3.59. The molecule has 0 saturated carbocycles. The van der Waals surface area contributed by atoms with Crippen LogP contribution in [-0.2, 0) is 0 Å². The standard InChI is InChI=1S/C13H11BrClNO2/c1-13(16(17)18)8-11(14)12(15)7-10(13)9-5-3-2-4-6-9/h2-7H,8H2,1H3. The number of rotatable bonds is 2. The van der Waals surface area contributed by atoms with Crippen LogP contribution in [0.1, 0.15) is 18.9 Å². The molecule has 1 atom stereocenters. The first-order valence-electron chi connectivity index (χ1n) is 5.41. The van der Waals surface area contributed by atoms with Crippen LogP contribution in [0.25, 0.3) is 5.57 Å². The molecule has 0 radical (unpaired) electrons. The van der Waals surface area contributed by atoms with Gasteiger partial charge in [0.05, 0.1) is 11.5 Å². The summed E-state index contributed by atoms with van der Waals surface area (Å²) in [6, 6.07) is 9.31. The van der Waals surface area contributed by atoms with Crippen LogP contribution in [0.5, 0.6) is 0 Å². The van der Waals surface area contributed by atoms with E-state index in [-0.39, 0.29) is 11.3 Å². The summed E-state index contributed by atoms with van der Waals surface area (Å²) >= 11 is 9.37. The summed E-state index contributed by atoms with van der Waals surface area (Å²) in [5, 5.41) is 11.9. The van der Waals surface area contributed by atoms with Crippen LogP contribution in [0.3, 0.4) is 0 Å². The summed E-state index contributed by atoms with van der Waals surface area (Å²) in [6.07, 6.45) is 1.94. The van der Waals surface area contributed by atoms with Gasteiger partial charge < -0.3 is 0 Å². The van der Waals surface area contributed by atoms with Crippen molar-refractivity contribution in [3.8, 4) is 0 Å². The van der Waals surface area contributed by atoms with Crippen LogP contribution >= 0.6 is 27.5 Å². The van der Waals surface area contributed by atoms with Crippen LogP contribution in [0.15, 0.2) is 45.9 Å². The second-order valence-electron chi connectivity index (χ2n) is 4.38. The van der Waals surface area contributed by atoms with Gasteiger partial charge in [0.2, 0.25) is 5.54 Å². The first-order valence-corrected chi connectivity index (χ1v) is 6.58. The van der Waals surface area contributed by atoms with E-state index in [1.165, 1.54) is 0 Å². The molecule has 5 heteroatoms. The van der Waals surface area contributed by atoms with E-state index in [1.54, 1.807) is 13.0 Å². The highest BCUT2D eigenvalue weighted by Gasteiger charge is 2.45. The van der Waals surface area contributed by atoms with Gasteiger partial charge in [-0.1, -0.05) is 57.9 Å².